The van der Waals surface area contributed by atoms with E-state index in [9.17, 15) is 4.79 Å². The van der Waals surface area contributed by atoms with Crippen LogP contribution in [0.1, 0.15) is 18.1 Å². The van der Waals surface area contributed by atoms with Crippen molar-refractivity contribution in [2.45, 2.75) is 19.9 Å². The average Bonchev–Trinajstić information content (AvgIpc) is 2.65. The molecular formula is C19H24ClN5O2. The first-order valence-electron chi connectivity index (χ1n) is 8.51. The van der Waals surface area contributed by atoms with Crippen molar-refractivity contribution in [1.29, 1.82) is 0 Å². The van der Waals surface area contributed by atoms with Crippen LogP contribution in [0.15, 0.2) is 41.5 Å². The molecule has 0 aliphatic heterocycles. The topological polar surface area (TPSA) is 87.6 Å². The van der Waals surface area contributed by atoms with Crippen LogP contribution in [0, 0.1) is 0 Å². The van der Waals surface area contributed by atoms with Crippen molar-refractivity contribution in [1.82, 2.24) is 15.6 Å². The third kappa shape index (κ3) is 6.79. The zero-order valence-corrected chi connectivity index (χ0v) is 16.4. The molecule has 0 radical (unpaired) electrons. The Bertz CT molecular complexity index is 793. The Morgan fingerprint density at radius 2 is 2.00 bits per heavy atom. The van der Waals surface area contributed by atoms with Gasteiger partial charge in [-0.1, -0.05) is 23.7 Å². The number of aromatic nitrogens is 1. The van der Waals surface area contributed by atoms with Crippen LogP contribution in [0.3, 0.4) is 0 Å². The molecule has 144 valence electrons. The minimum absolute atomic E-state index is 0.146. The molecule has 1 amide bonds. The summed E-state index contributed by atoms with van der Waals surface area (Å²) in [6, 6.07) is 9.37. The molecular weight excluding hydrogens is 366 g/mol. The van der Waals surface area contributed by atoms with Gasteiger partial charge in [-0.3, -0.25) is 9.79 Å². The van der Waals surface area contributed by atoms with Gasteiger partial charge in [0, 0.05) is 33.3 Å². The number of guanidine groups is 1. The number of amides is 1. The maximum atomic E-state index is 11.3. The fourth-order valence-electron chi connectivity index (χ4n) is 2.44. The van der Waals surface area contributed by atoms with E-state index in [2.05, 4.69) is 25.9 Å². The van der Waals surface area contributed by atoms with Crippen LogP contribution in [0.25, 0.3) is 0 Å². The van der Waals surface area contributed by atoms with E-state index >= 15 is 0 Å². The molecule has 0 unspecified atom stereocenters. The smallest absolute Gasteiger partial charge is 0.221 e. The van der Waals surface area contributed by atoms with E-state index in [0.29, 0.717) is 35.6 Å². The van der Waals surface area contributed by atoms with Gasteiger partial charge in [-0.2, -0.15) is 0 Å². The molecule has 0 saturated carbocycles. The molecule has 0 fully saturated rings. The highest BCUT2D eigenvalue weighted by Crippen LogP contribution is 2.25. The number of pyridine rings is 1. The Hall–Kier alpha value is -2.80. The van der Waals surface area contributed by atoms with Crippen LogP contribution in [0.4, 0.5) is 5.69 Å². The minimum atomic E-state index is -0.146. The van der Waals surface area contributed by atoms with Gasteiger partial charge in [0.25, 0.3) is 0 Å². The number of hydrogen-bond acceptors (Lipinski definition) is 4. The number of carbonyl (C=O) groups is 1. The number of aliphatic imine (C=N–C) groups is 1. The Morgan fingerprint density at radius 1 is 1.22 bits per heavy atom. The van der Waals surface area contributed by atoms with Gasteiger partial charge in [0.1, 0.15) is 10.9 Å². The number of nitrogens with one attached hydrogen (secondary N) is 3. The Morgan fingerprint density at radius 3 is 2.63 bits per heavy atom. The van der Waals surface area contributed by atoms with Crippen molar-refractivity contribution < 1.29 is 9.53 Å². The van der Waals surface area contributed by atoms with E-state index in [0.717, 1.165) is 17.5 Å². The normalized spacial score (nSPS) is 11.0. The standard InChI is InChI=1S/C19H24ClN5O2/c1-13(26)25-16-10-15(4-6-17(16)27-3)12-24-19(21-2)22-9-8-14-5-7-18(20)23-11-14/h4-7,10-11H,8-9,12H2,1-3H3,(H,25,26)(H2,21,22,24). The molecule has 0 aliphatic carbocycles. The predicted octanol–water partition coefficient (Wildman–Crippen LogP) is 2.61. The molecule has 0 spiro atoms. The van der Waals surface area contributed by atoms with Crippen LogP contribution in [-0.4, -0.2) is 37.6 Å². The highest BCUT2D eigenvalue weighted by Gasteiger charge is 2.07. The van der Waals surface area contributed by atoms with Crippen molar-refractivity contribution in [2.75, 3.05) is 26.0 Å². The second-order valence-corrected chi connectivity index (χ2v) is 6.19. The number of benzene rings is 1. The predicted molar refractivity (Wildman–Crippen MR) is 108 cm³/mol. The molecule has 1 aromatic heterocycles. The first-order valence-corrected chi connectivity index (χ1v) is 8.89. The van der Waals surface area contributed by atoms with E-state index in [1.165, 1.54) is 6.92 Å². The van der Waals surface area contributed by atoms with E-state index < -0.39 is 0 Å². The minimum Gasteiger partial charge on any atom is -0.495 e. The third-order valence-corrected chi connectivity index (χ3v) is 3.98. The van der Waals surface area contributed by atoms with Gasteiger partial charge in [0.15, 0.2) is 5.96 Å². The molecule has 2 rings (SSSR count). The SMILES string of the molecule is CN=C(NCCc1ccc(Cl)nc1)NCc1ccc(OC)c(NC(C)=O)c1. The monoisotopic (exact) mass is 389 g/mol. The highest BCUT2D eigenvalue weighted by molar-refractivity contribution is 6.29. The summed E-state index contributed by atoms with van der Waals surface area (Å²) in [6.07, 6.45) is 2.57. The molecule has 0 atom stereocenters. The second kappa shape index (κ2) is 10.4. The Balaban J connectivity index is 1.87. The Labute approximate surface area is 164 Å². The molecule has 3 N–H and O–H groups in total. The van der Waals surface area contributed by atoms with Crippen molar-refractivity contribution in [2.24, 2.45) is 4.99 Å². The van der Waals surface area contributed by atoms with Gasteiger partial charge in [0.2, 0.25) is 5.91 Å². The van der Waals surface area contributed by atoms with Gasteiger partial charge < -0.3 is 20.7 Å². The first kappa shape index (κ1) is 20.5. The number of anilines is 1. The van der Waals surface area contributed by atoms with Crippen molar-refractivity contribution in [3.8, 4) is 5.75 Å². The summed E-state index contributed by atoms with van der Waals surface area (Å²) in [6.45, 7) is 2.73. The number of rotatable bonds is 7. The molecule has 0 saturated heterocycles. The van der Waals surface area contributed by atoms with E-state index in [-0.39, 0.29) is 5.91 Å². The van der Waals surface area contributed by atoms with Gasteiger partial charge >= 0.3 is 0 Å². The maximum absolute atomic E-state index is 11.3. The van der Waals surface area contributed by atoms with E-state index in [4.69, 9.17) is 16.3 Å². The maximum Gasteiger partial charge on any atom is 0.221 e. The van der Waals surface area contributed by atoms with E-state index in [1.54, 1.807) is 26.4 Å². The average molecular weight is 390 g/mol. The largest absolute Gasteiger partial charge is 0.495 e. The van der Waals surface area contributed by atoms with Crippen LogP contribution in [0.5, 0.6) is 5.75 Å². The van der Waals surface area contributed by atoms with Crippen LogP contribution in [-0.2, 0) is 17.8 Å². The highest BCUT2D eigenvalue weighted by atomic mass is 35.5. The number of nitrogens with zero attached hydrogens (tertiary/aromatic N) is 2. The summed E-state index contributed by atoms with van der Waals surface area (Å²) < 4.78 is 5.27. The molecule has 7 nitrogen and oxygen atoms in total. The third-order valence-electron chi connectivity index (χ3n) is 3.75. The molecule has 1 heterocycles. The lowest BCUT2D eigenvalue weighted by Crippen LogP contribution is -2.37. The number of halogens is 1. The van der Waals surface area contributed by atoms with Crippen LogP contribution in [0.2, 0.25) is 5.15 Å². The summed E-state index contributed by atoms with van der Waals surface area (Å²) in [4.78, 5) is 19.6. The molecule has 27 heavy (non-hydrogen) atoms. The van der Waals surface area contributed by atoms with Gasteiger partial charge in [-0.15, -0.1) is 0 Å². The summed E-state index contributed by atoms with van der Waals surface area (Å²) in [7, 11) is 3.29. The number of ether oxygens (including phenoxy) is 1. The van der Waals surface area contributed by atoms with Gasteiger partial charge in [-0.25, -0.2) is 4.98 Å². The molecule has 1 aromatic carbocycles. The zero-order chi connectivity index (χ0) is 19.6. The fourth-order valence-corrected chi connectivity index (χ4v) is 2.55. The lowest BCUT2D eigenvalue weighted by atomic mass is 10.2. The molecule has 0 bridgehead atoms. The summed E-state index contributed by atoms with van der Waals surface area (Å²) in [5, 5.41) is 9.76. The molecule has 2 aromatic rings. The number of hydrogen-bond donors (Lipinski definition) is 3. The lowest BCUT2D eigenvalue weighted by molar-refractivity contribution is -0.114. The van der Waals surface area contributed by atoms with Crippen molar-refractivity contribution in [3.63, 3.8) is 0 Å². The summed E-state index contributed by atoms with van der Waals surface area (Å²) in [5.74, 6) is 1.16. The van der Waals surface area contributed by atoms with Gasteiger partial charge in [-0.05, 0) is 35.7 Å². The zero-order valence-electron chi connectivity index (χ0n) is 15.7. The van der Waals surface area contributed by atoms with Crippen molar-refractivity contribution in [3.05, 3.63) is 52.8 Å². The summed E-state index contributed by atoms with van der Waals surface area (Å²) in [5.41, 5.74) is 2.73. The second-order valence-electron chi connectivity index (χ2n) is 5.81. The number of carbonyl (C=O) groups excluding carboxylic acids is 1. The Kier molecular flexibility index (Phi) is 7.88. The first-order chi connectivity index (χ1) is 13.0. The number of methoxy groups -OCH3 is 1. The molecule has 8 heteroatoms. The van der Waals surface area contributed by atoms with Crippen molar-refractivity contribution >= 4 is 29.2 Å². The van der Waals surface area contributed by atoms with Gasteiger partial charge in [0.05, 0.1) is 12.8 Å². The lowest BCUT2D eigenvalue weighted by Gasteiger charge is -2.14. The fraction of sp³-hybridized carbons (Fsp3) is 0.316. The summed E-state index contributed by atoms with van der Waals surface area (Å²) >= 11 is 5.79. The van der Waals surface area contributed by atoms with Crippen LogP contribution >= 0.6 is 11.6 Å². The molecule has 0 aliphatic rings. The quantitative estimate of drug-likeness (QED) is 0.385. The van der Waals surface area contributed by atoms with E-state index in [1.807, 2.05) is 24.3 Å². The van der Waals surface area contributed by atoms with Crippen LogP contribution < -0.4 is 20.7 Å².